The average molecular weight is 780 g/mol. The monoisotopic (exact) mass is 780 g/mol. The van der Waals surface area contributed by atoms with Gasteiger partial charge >= 0.3 is 243 Å². The molecule has 8 rings (SSSR count). The summed E-state index contributed by atoms with van der Waals surface area (Å²) in [5.74, 6) is 0. The van der Waals surface area contributed by atoms with Crippen LogP contribution in [0.4, 0.5) is 0 Å². The van der Waals surface area contributed by atoms with Crippen molar-refractivity contribution in [3.05, 3.63) is 106 Å². The molecule has 2 unspecified atom stereocenters. The van der Waals surface area contributed by atoms with Crippen molar-refractivity contribution in [2.24, 2.45) is 0 Å². The maximum atomic E-state index is 2.84. The number of halogens is 2. The van der Waals surface area contributed by atoms with Gasteiger partial charge in [0.15, 0.2) is 0 Å². The van der Waals surface area contributed by atoms with E-state index in [1.807, 2.05) is 0 Å². The Balaban J connectivity index is 0.00000158. The van der Waals surface area contributed by atoms with Gasteiger partial charge in [-0.1, -0.05) is 0 Å². The molecule has 4 aromatic rings. The van der Waals surface area contributed by atoms with E-state index in [0.29, 0.717) is 7.35 Å². The molecule has 218 valence electrons. The Hall–Kier alpha value is -1.85. The van der Waals surface area contributed by atoms with Gasteiger partial charge in [0.1, 0.15) is 0 Å². The third-order valence-corrected chi connectivity index (χ3v) is 35.1. The molecule has 2 aliphatic heterocycles. The predicted molar refractivity (Wildman–Crippen MR) is 186 cm³/mol. The molecule has 2 nitrogen and oxygen atoms in total. The van der Waals surface area contributed by atoms with Crippen molar-refractivity contribution in [1.29, 1.82) is 0 Å². The fourth-order valence-corrected chi connectivity index (χ4v) is 34.9. The number of benzene rings is 4. The average Bonchev–Trinajstić information content (AvgIpc) is 3.77. The zero-order valence-electron chi connectivity index (χ0n) is 24.8. The first-order chi connectivity index (χ1) is 19.4. The Labute approximate surface area is 265 Å². The zero-order chi connectivity index (χ0) is 27.1. The molecule has 2 aliphatic carbocycles. The van der Waals surface area contributed by atoms with Crippen molar-refractivity contribution in [3.63, 3.8) is 0 Å². The third-order valence-electron chi connectivity index (χ3n) is 10.6. The first-order valence-electron chi connectivity index (χ1n) is 15.4. The second-order valence-electron chi connectivity index (χ2n) is 13.9. The molecular formula is C36H42Cl2HfN2Si. The summed E-state index contributed by atoms with van der Waals surface area (Å²) in [5, 5.41) is 5.75. The van der Waals surface area contributed by atoms with E-state index in [4.69, 9.17) is 0 Å². The number of likely N-dealkylation sites (tertiary alicyclic amines) is 2. The van der Waals surface area contributed by atoms with Crippen LogP contribution in [0.1, 0.15) is 55.3 Å². The molecule has 0 radical (unpaired) electrons. The molecule has 0 bridgehead atoms. The van der Waals surface area contributed by atoms with Crippen LogP contribution in [0.5, 0.6) is 0 Å². The molecular weight excluding hydrogens is 738 g/mol. The van der Waals surface area contributed by atoms with Gasteiger partial charge in [-0.3, -0.25) is 0 Å². The van der Waals surface area contributed by atoms with Gasteiger partial charge in [0, 0.05) is 0 Å². The van der Waals surface area contributed by atoms with Crippen LogP contribution in [0.25, 0.3) is 33.7 Å². The first-order valence-corrected chi connectivity index (χ1v) is 35.1. The minimum atomic E-state index is -3.94. The molecule has 2 atom stereocenters. The Bertz CT molecular complexity index is 1700. The molecule has 2 saturated heterocycles. The molecule has 2 fully saturated rings. The summed E-state index contributed by atoms with van der Waals surface area (Å²) in [6.07, 6.45) is 10.5. The van der Waals surface area contributed by atoms with E-state index in [1.165, 1.54) is 84.5 Å². The van der Waals surface area contributed by atoms with Crippen LogP contribution in [0.15, 0.2) is 84.2 Å². The van der Waals surface area contributed by atoms with Gasteiger partial charge in [0.2, 0.25) is 0 Å². The molecule has 0 saturated carbocycles. The molecule has 0 amide bonds. The van der Waals surface area contributed by atoms with Crippen molar-refractivity contribution < 1.29 is 17.1 Å². The Morgan fingerprint density at radius 2 is 0.952 bits per heavy atom. The molecule has 4 aliphatic rings. The minimum absolute atomic E-state index is 0. The summed E-state index contributed by atoms with van der Waals surface area (Å²) in [5.41, 5.74) is 9.54. The molecule has 42 heavy (non-hydrogen) atoms. The van der Waals surface area contributed by atoms with E-state index < -0.39 is 17.1 Å². The van der Waals surface area contributed by atoms with Crippen LogP contribution < -0.4 is 0 Å². The second-order valence-corrected chi connectivity index (χ2v) is 57.4. The second kappa shape index (κ2) is 10.9. The zero-order valence-corrected chi connectivity index (χ0v) is 31.5. The number of fused-ring (bicyclic) bond motifs is 6. The van der Waals surface area contributed by atoms with Crippen LogP contribution in [0, 0.1) is 0 Å². The molecule has 0 N–H and O–H groups in total. The number of nitrogens with zero attached hydrogens (tertiary/aromatic N) is 2. The summed E-state index contributed by atoms with van der Waals surface area (Å²) < 4.78 is 6.73. The van der Waals surface area contributed by atoms with Crippen molar-refractivity contribution in [2.45, 2.75) is 42.4 Å². The number of rotatable bonds is 4. The summed E-state index contributed by atoms with van der Waals surface area (Å²) in [7, 11) is 0. The normalized spacial score (nSPS) is 21.6. The van der Waals surface area contributed by atoms with E-state index in [-0.39, 0.29) is 24.8 Å². The van der Waals surface area contributed by atoms with Gasteiger partial charge in [-0.05, 0) is 0 Å². The maximum absolute atomic E-state index is 3.94. The quantitative estimate of drug-likeness (QED) is 0.191. The van der Waals surface area contributed by atoms with Gasteiger partial charge in [-0.25, -0.2) is 0 Å². The Morgan fingerprint density at radius 1 is 0.571 bits per heavy atom. The molecule has 0 spiro atoms. The summed E-state index contributed by atoms with van der Waals surface area (Å²) >= 11 is -3.94. The standard InChI is InChI=1S/2C17H16N.2CH3.2ClH.Hf.H2Si/c2*1-2-6-16-13(5-1)7-8-14-11-15(12-17(14)16)18-9-3-4-10-18;;;;;;/h2*1-2,5-8,11-12H,3-4,9-10H2;2*1H3;2*1H;;1H2. The van der Waals surface area contributed by atoms with Gasteiger partial charge in [0.05, 0.1) is 0 Å². The van der Waals surface area contributed by atoms with Crippen molar-refractivity contribution in [2.75, 3.05) is 26.2 Å². The van der Waals surface area contributed by atoms with E-state index in [0.717, 1.165) is 0 Å². The fourth-order valence-electron chi connectivity index (χ4n) is 8.89. The Kier molecular flexibility index (Phi) is 7.87. The summed E-state index contributed by atoms with van der Waals surface area (Å²) in [6, 6.07) is 28.0. The van der Waals surface area contributed by atoms with Crippen molar-refractivity contribution in [1.82, 2.24) is 9.80 Å². The summed E-state index contributed by atoms with van der Waals surface area (Å²) in [6.45, 7) is 7.36. The van der Waals surface area contributed by atoms with Gasteiger partial charge in [-0.15, -0.1) is 24.8 Å². The molecule has 0 aromatic heterocycles. The van der Waals surface area contributed by atoms with Crippen molar-refractivity contribution >= 4 is 65.5 Å². The van der Waals surface area contributed by atoms with E-state index >= 15 is 0 Å². The topological polar surface area (TPSA) is 6.48 Å². The van der Waals surface area contributed by atoms with Crippen LogP contribution >= 0.6 is 24.8 Å². The van der Waals surface area contributed by atoms with Crippen LogP contribution in [0.2, 0.25) is 9.36 Å². The number of hydrogen-bond acceptors (Lipinski definition) is 2. The Morgan fingerprint density at radius 3 is 1.36 bits per heavy atom. The van der Waals surface area contributed by atoms with E-state index in [9.17, 15) is 0 Å². The number of allylic oxidation sites excluding steroid dienone is 2. The van der Waals surface area contributed by atoms with Crippen LogP contribution in [-0.4, -0.2) is 42.9 Å². The predicted octanol–water partition coefficient (Wildman–Crippen LogP) is 8.85. The SMILES string of the molecule is Cl.Cl.[CH3][Hf]([CH3])(=[SiH2])([CH]1C(N2CCCC2)=Cc2ccc3ccccc3c21)[CH]1C(N2CCCC2)=Cc2ccc3ccccc3c21. The van der Waals surface area contributed by atoms with E-state index in [1.54, 1.807) is 22.5 Å². The van der Waals surface area contributed by atoms with Gasteiger partial charge in [0.25, 0.3) is 0 Å². The first kappa shape index (κ1) is 30.2. The fraction of sp³-hybridized carbons (Fsp3) is 0.333. The molecule has 4 aromatic carbocycles. The third kappa shape index (κ3) is 4.50. The van der Waals surface area contributed by atoms with Gasteiger partial charge in [-0.2, -0.15) is 0 Å². The molecule has 6 heteroatoms. The number of hydrogen-bond donors (Lipinski definition) is 0. The van der Waals surface area contributed by atoms with Gasteiger partial charge < -0.3 is 0 Å². The van der Waals surface area contributed by atoms with Crippen LogP contribution in [0.3, 0.4) is 0 Å². The van der Waals surface area contributed by atoms with Crippen molar-refractivity contribution in [3.8, 4) is 0 Å². The van der Waals surface area contributed by atoms with E-state index in [2.05, 4.69) is 111 Å². The molecule has 2 heterocycles. The van der Waals surface area contributed by atoms with Crippen LogP contribution in [-0.2, 0) is 17.1 Å². The summed E-state index contributed by atoms with van der Waals surface area (Å²) in [4.78, 5) is 5.57.